The van der Waals surface area contributed by atoms with Crippen LogP contribution in [0.4, 0.5) is 0 Å². The van der Waals surface area contributed by atoms with Crippen molar-refractivity contribution in [3.8, 4) is 0 Å². The molecule has 15 heavy (non-hydrogen) atoms. The van der Waals surface area contributed by atoms with Gasteiger partial charge in [0, 0.05) is 0 Å². The van der Waals surface area contributed by atoms with Gasteiger partial charge in [0.05, 0.1) is 17.1 Å². The summed E-state index contributed by atoms with van der Waals surface area (Å²) in [5.74, 6) is 0.197. The normalized spacial score (nSPS) is 28.5. The maximum absolute atomic E-state index is 11.9. The molecule has 1 aliphatic rings. The van der Waals surface area contributed by atoms with Crippen LogP contribution in [0.15, 0.2) is 12.2 Å². The maximum atomic E-state index is 11.9. The van der Waals surface area contributed by atoms with Gasteiger partial charge in [-0.3, -0.25) is 4.79 Å². The summed E-state index contributed by atoms with van der Waals surface area (Å²) in [4.78, 5) is 11.9. The molecule has 1 unspecified atom stereocenters. The lowest BCUT2D eigenvalue weighted by Crippen LogP contribution is -2.33. The maximum Gasteiger partial charge on any atom is 0.161 e. The molecular weight excluding hydrogens is 188 g/mol. The molecule has 1 rings (SSSR count). The second kappa shape index (κ2) is 4.09. The van der Waals surface area contributed by atoms with Crippen molar-refractivity contribution in [1.82, 2.24) is 0 Å². The highest BCUT2D eigenvalue weighted by molar-refractivity contribution is 5.92. The average molecular weight is 210 g/mol. The van der Waals surface area contributed by atoms with Gasteiger partial charge in [0.2, 0.25) is 0 Å². The fourth-order valence-corrected chi connectivity index (χ4v) is 2.36. The van der Waals surface area contributed by atoms with E-state index in [-0.39, 0.29) is 22.9 Å². The monoisotopic (exact) mass is 210 g/mol. The average Bonchev–Trinajstić information content (AvgIpc) is 2.30. The van der Waals surface area contributed by atoms with Crippen LogP contribution in [0.1, 0.15) is 47.5 Å². The summed E-state index contributed by atoms with van der Waals surface area (Å²) in [7, 11) is 0. The van der Waals surface area contributed by atoms with E-state index in [2.05, 4.69) is 0 Å². The molecule has 0 aromatic carbocycles. The second-order valence-corrected chi connectivity index (χ2v) is 5.43. The first-order chi connectivity index (χ1) is 6.78. The van der Waals surface area contributed by atoms with E-state index in [9.17, 15) is 4.79 Å². The smallest absolute Gasteiger partial charge is 0.161 e. The molecule has 86 valence electrons. The molecule has 0 spiro atoms. The minimum Gasteiger partial charge on any atom is -0.369 e. The predicted octanol–water partition coefficient (Wildman–Crippen LogP) is 3.12. The van der Waals surface area contributed by atoms with Gasteiger partial charge in [-0.15, -0.1) is 0 Å². The molecule has 0 bridgehead atoms. The molecule has 0 N–H and O–H groups in total. The highest BCUT2D eigenvalue weighted by atomic mass is 16.5. The molecule has 1 aliphatic heterocycles. The molecule has 1 atom stereocenters. The topological polar surface area (TPSA) is 26.3 Å². The quantitative estimate of drug-likeness (QED) is 0.669. The summed E-state index contributed by atoms with van der Waals surface area (Å²) >= 11 is 0. The Labute approximate surface area is 92.7 Å². The van der Waals surface area contributed by atoms with Crippen molar-refractivity contribution in [3.05, 3.63) is 12.2 Å². The van der Waals surface area contributed by atoms with E-state index in [0.29, 0.717) is 0 Å². The molecule has 0 radical (unpaired) electrons. The molecule has 0 amide bonds. The van der Waals surface area contributed by atoms with Crippen molar-refractivity contribution in [2.75, 3.05) is 0 Å². The van der Waals surface area contributed by atoms with Crippen LogP contribution in [0, 0.1) is 5.92 Å². The number of ether oxygens (including phenoxy) is 1. The number of rotatable bonds is 3. The largest absolute Gasteiger partial charge is 0.369 e. The molecular formula is C13H22O2. The van der Waals surface area contributed by atoms with Gasteiger partial charge >= 0.3 is 0 Å². The molecule has 0 aliphatic carbocycles. The van der Waals surface area contributed by atoms with Gasteiger partial charge in [-0.2, -0.15) is 0 Å². The van der Waals surface area contributed by atoms with E-state index in [1.54, 1.807) is 6.08 Å². The highest BCUT2D eigenvalue weighted by Crippen LogP contribution is 2.42. The third kappa shape index (κ3) is 2.91. The standard InChI is InChI=1S/C13H22O2/c1-6-7-8-11(14)10-9-12(2,3)15-13(10,4)5/h7-8,10H,6,9H2,1-5H3/b8-7+. The van der Waals surface area contributed by atoms with Gasteiger partial charge in [0.1, 0.15) is 0 Å². The number of hydrogen-bond acceptors (Lipinski definition) is 2. The molecule has 2 heteroatoms. The van der Waals surface area contributed by atoms with Crippen molar-refractivity contribution < 1.29 is 9.53 Å². The van der Waals surface area contributed by atoms with Crippen molar-refractivity contribution >= 4 is 5.78 Å². The molecule has 1 saturated heterocycles. The summed E-state index contributed by atoms with van der Waals surface area (Å²) < 4.78 is 5.90. The van der Waals surface area contributed by atoms with Crippen molar-refractivity contribution in [1.29, 1.82) is 0 Å². The lowest BCUT2D eigenvalue weighted by Gasteiger charge is -2.26. The zero-order valence-electron chi connectivity index (χ0n) is 10.5. The van der Waals surface area contributed by atoms with Crippen molar-refractivity contribution in [3.63, 3.8) is 0 Å². The summed E-state index contributed by atoms with van der Waals surface area (Å²) in [5.41, 5.74) is -0.511. The van der Waals surface area contributed by atoms with Crippen molar-refractivity contribution in [2.24, 2.45) is 5.92 Å². The van der Waals surface area contributed by atoms with E-state index in [1.807, 2.05) is 40.7 Å². The highest BCUT2D eigenvalue weighted by Gasteiger charge is 2.48. The SMILES string of the molecule is CC/C=C/C(=O)C1CC(C)(C)OC1(C)C. The minimum absolute atomic E-state index is 0.00435. The number of hydrogen-bond donors (Lipinski definition) is 0. The Bertz CT molecular complexity index is 274. The van der Waals surface area contributed by atoms with Gasteiger partial charge in [-0.05, 0) is 46.6 Å². The van der Waals surface area contributed by atoms with E-state index >= 15 is 0 Å². The molecule has 0 aromatic rings. The van der Waals surface area contributed by atoms with Crippen molar-refractivity contribution in [2.45, 2.75) is 58.7 Å². The van der Waals surface area contributed by atoms with Crippen LogP contribution in [0.2, 0.25) is 0 Å². The van der Waals surface area contributed by atoms with Crippen LogP contribution in [0.25, 0.3) is 0 Å². The fraction of sp³-hybridized carbons (Fsp3) is 0.769. The summed E-state index contributed by atoms with van der Waals surface area (Å²) in [5, 5.41) is 0. The first-order valence-corrected chi connectivity index (χ1v) is 5.69. The first kappa shape index (κ1) is 12.4. The Kier molecular flexibility index (Phi) is 3.39. The Balaban J connectivity index is 2.78. The van der Waals surface area contributed by atoms with Gasteiger partial charge in [-0.25, -0.2) is 0 Å². The Morgan fingerprint density at radius 3 is 2.40 bits per heavy atom. The van der Waals surface area contributed by atoms with Gasteiger partial charge in [-0.1, -0.05) is 13.0 Å². The zero-order valence-corrected chi connectivity index (χ0v) is 10.5. The van der Waals surface area contributed by atoms with Crippen LogP contribution >= 0.6 is 0 Å². The molecule has 2 nitrogen and oxygen atoms in total. The zero-order chi connectivity index (χ0) is 11.7. The third-order valence-electron chi connectivity index (χ3n) is 2.94. The Hall–Kier alpha value is -0.630. The van der Waals surface area contributed by atoms with Crippen LogP contribution in [0.5, 0.6) is 0 Å². The minimum atomic E-state index is -0.335. The van der Waals surface area contributed by atoms with E-state index in [0.717, 1.165) is 12.8 Å². The Morgan fingerprint density at radius 2 is 2.00 bits per heavy atom. The fourth-order valence-electron chi connectivity index (χ4n) is 2.36. The molecule has 0 aromatic heterocycles. The number of ketones is 1. The third-order valence-corrected chi connectivity index (χ3v) is 2.94. The molecule has 0 saturated carbocycles. The number of allylic oxidation sites excluding steroid dienone is 2. The summed E-state index contributed by atoms with van der Waals surface area (Å²) in [6.45, 7) is 10.1. The molecule has 1 fully saturated rings. The van der Waals surface area contributed by atoms with E-state index < -0.39 is 0 Å². The Morgan fingerprint density at radius 1 is 1.40 bits per heavy atom. The van der Waals surface area contributed by atoms with E-state index in [4.69, 9.17) is 4.74 Å². The van der Waals surface area contributed by atoms with Gasteiger partial charge in [0.25, 0.3) is 0 Å². The van der Waals surface area contributed by atoms with E-state index in [1.165, 1.54) is 0 Å². The van der Waals surface area contributed by atoms with Gasteiger partial charge in [0.15, 0.2) is 5.78 Å². The lowest BCUT2D eigenvalue weighted by molar-refractivity contribution is -0.124. The van der Waals surface area contributed by atoms with Crippen LogP contribution < -0.4 is 0 Å². The van der Waals surface area contributed by atoms with Gasteiger partial charge < -0.3 is 4.74 Å². The van der Waals surface area contributed by atoms with Crippen LogP contribution in [-0.2, 0) is 9.53 Å². The van der Waals surface area contributed by atoms with Crippen LogP contribution in [0.3, 0.4) is 0 Å². The summed E-state index contributed by atoms with van der Waals surface area (Å²) in [6.07, 6.45) is 5.34. The first-order valence-electron chi connectivity index (χ1n) is 5.69. The predicted molar refractivity (Wildman–Crippen MR) is 61.8 cm³/mol. The summed E-state index contributed by atoms with van der Waals surface area (Å²) in [6, 6.07) is 0. The molecule has 1 heterocycles. The second-order valence-electron chi connectivity index (χ2n) is 5.43. The number of carbonyl (C=O) groups excluding carboxylic acids is 1. The lowest BCUT2D eigenvalue weighted by atomic mass is 9.84. The number of carbonyl (C=O) groups is 1. The van der Waals surface area contributed by atoms with Crippen LogP contribution in [-0.4, -0.2) is 17.0 Å².